The zero-order valence-corrected chi connectivity index (χ0v) is 11.1. The molecule has 0 spiro atoms. The molecule has 5 nitrogen and oxygen atoms in total. The second-order valence-corrected chi connectivity index (χ2v) is 5.07. The lowest BCUT2D eigenvalue weighted by Crippen LogP contribution is -2.22. The molecule has 0 amide bonds. The maximum atomic E-state index is 11.1. The van der Waals surface area contributed by atoms with Gasteiger partial charge in [-0.3, -0.25) is 0 Å². The predicted molar refractivity (Wildman–Crippen MR) is 72.4 cm³/mol. The number of anilines is 1. The fraction of sp³-hybridized carbons (Fsp3) is 0.571. The number of aromatic nitrogens is 1. The Morgan fingerprint density at radius 3 is 2.84 bits per heavy atom. The first-order valence-corrected chi connectivity index (χ1v) is 6.76. The summed E-state index contributed by atoms with van der Waals surface area (Å²) < 4.78 is 0. The highest BCUT2D eigenvalue weighted by molar-refractivity contribution is 5.88. The third-order valence-corrected chi connectivity index (χ3v) is 3.29. The molecular formula is C14H20N2O3. The first-order valence-electron chi connectivity index (χ1n) is 6.76. The quantitative estimate of drug-likeness (QED) is 0.701. The first kappa shape index (κ1) is 13.8. The van der Waals surface area contributed by atoms with Crippen molar-refractivity contribution in [2.75, 3.05) is 11.9 Å². The molecule has 2 rings (SSSR count). The Morgan fingerprint density at radius 1 is 1.53 bits per heavy atom. The van der Waals surface area contributed by atoms with E-state index in [4.69, 9.17) is 5.11 Å². The Morgan fingerprint density at radius 2 is 2.26 bits per heavy atom. The molecule has 1 aromatic heterocycles. The van der Waals surface area contributed by atoms with Gasteiger partial charge in [0, 0.05) is 12.2 Å². The minimum Gasteiger partial charge on any atom is -0.478 e. The number of pyridine rings is 1. The van der Waals surface area contributed by atoms with Crippen LogP contribution >= 0.6 is 0 Å². The normalized spacial score (nSPS) is 16.1. The van der Waals surface area contributed by atoms with Crippen LogP contribution in [0, 0.1) is 5.92 Å². The van der Waals surface area contributed by atoms with Crippen LogP contribution < -0.4 is 5.32 Å². The number of carboxylic acid groups (broad SMARTS) is 1. The number of rotatable bonds is 7. The first-order chi connectivity index (χ1) is 9.10. The van der Waals surface area contributed by atoms with Gasteiger partial charge in [-0.25, -0.2) is 9.78 Å². The van der Waals surface area contributed by atoms with Crippen LogP contribution in [0.25, 0.3) is 0 Å². The number of nitrogens with zero attached hydrogens (tertiary/aromatic N) is 1. The maximum absolute atomic E-state index is 11.1. The lowest BCUT2D eigenvalue weighted by molar-refractivity contribution is 0.0696. The highest BCUT2D eigenvalue weighted by Crippen LogP contribution is 2.32. The molecule has 0 aromatic carbocycles. The van der Waals surface area contributed by atoms with Gasteiger partial charge in [-0.2, -0.15) is 0 Å². The molecule has 1 heterocycles. The van der Waals surface area contributed by atoms with Gasteiger partial charge in [0.15, 0.2) is 0 Å². The number of carbonyl (C=O) groups is 1. The Hall–Kier alpha value is -1.62. The minimum atomic E-state index is -0.953. The number of hydrogen-bond acceptors (Lipinski definition) is 4. The number of nitrogens with one attached hydrogen (secondary N) is 1. The van der Waals surface area contributed by atoms with E-state index in [9.17, 15) is 9.90 Å². The smallest absolute Gasteiger partial charge is 0.335 e. The minimum absolute atomic E-state index is 0.238. The predicted octanol–water partition coefficient (Wildman–Crippen LogP) is 1.92. The van der Waals surface area contributed by atoms with E-state index in [0.29, 0.717) is 18.3 Å². The van der Waals surface area contributed by atoms with E-state index in [-0.39, 0.29) is 11.7 Å². The molecule has 104 valence electrons. The maximum Gasteiger partial charge on any atom is 0.335 e. The van der Waals surface area contributed by atoms with Gasteiger partial charge in [0.25, 0.3) is 0 Å². The Kier molecular flexibility index (Phi) is 4.37. The highest BCUT2D eigenvalue weighted by atomic mass is 16.4. The zero-order chi connectivity index (χ0) is 13.8. The summed E-state index contributed by atoms with van der Waals surface area (Å²) in [6.07, 6.45) is 3.45. The van der Waals surface area contributed by atoms with Crippen LogP contribution in [0.4, 0.5) is 5.82 Å². The van der Waals surface area contributed by atoms with Gasteiger partial charge in [0.05, 0.1) is 11.7 Å². The van der Waals surface area contributed by atoms with Crippen molar-refractivity contribution in [3.63, 3.8) is 0 Å². The third kappa shape index (κ3) is 3.92. The van der Waals surface area contributed by atoms with Gasteiger partial charge in [-0.15, -0.1) is 0 Å². The van der Waals surface area contributed by atoms with Crippen LogP contribution in [0.5, 0.6) is 0 Å². The van der Waals surface area contributed by atoms with Crippen molar-refractivity contribution < 1.29 is 15.0 Å². The summed E-state index contributed by atoms with van der Waals surface area (Å²) in [6.45, 7) is 2.45. The zero-order valence-electron chi connectivity index (χ0n) is 11.1. The second-order valence-electron chi connectivity index (χ2n) is 5.07. The van der Waals surface area contributed by atoms with Crippen LogP contribution in [-0.2, 0) is 6.42 Å². The van der Waals surface area contributed by atoms with E-state index in [2.05, 4.69) is 10.3 Å². The van der Waals surface area contributed by atoms with Gasteiger partial charge in [-0.1, -0.05) is 13.3 Å². The van der Waals surface area contributed by atoms with Crippen LogP contribution in [0.15, 0.2) is 12.1 Å². The largest absolute Gasteiger partial charge is 0.478 e. The van der Waals surface area contributed by atoms with Crippen molar-refractivity contribution in [2.45, 2.75) is 38.7 Å². The molecule has 1 aliphatic carbocycles. The summed E-state index contributed by atoms with van der Waals surface area (Å²) in [6, 6.07) is 3.12. The average Bonchev–Trinajstić information content (AvgIpc) is 3.20. The van der Waals surface area contributed by atoms with Crippen molar-refractivity contribution >= 4 is 11.8 Å². The number of aromatic carboxylic acids is 1. The van der Waals surface area contributed by atoms with Gasteiger partial charge in [0.2, 0.25) is 0 Å². The molecule has 0 aliphatic heterocycles. The average molecular weight is 264 g/mol. The molecule has 5 heteroatoms. The third-order valence-electron chi connectivity index (χ3n) is 3.29. The number of hydrogen-bond donors (Lipinski definition) is 3. The molecule has 0 bridgehead atoms. The van der Waals surface area contributed by atoms with Gasteiger partial charge >= 0.3 is 5.97 Å². The summed E-state index contributed by atoms with van der Waals surface area (Å²) in [5.74, 6) is -0.0288. The fourth-order valence-corrected chi connectivity index (χ4v) is 2.04. The molecule has 0 saturated heterocycles. The molecule has 19 heavy (non-hydrogen) atoms. The molecule has 1 aromatic rings. The number of aliphatic hydroxyl groups excluding tert-OH is 1. The molecule has 1 unspecified atom stereocenters. The fourth-order valence-electron chi connectivity index (χ4n) is 2.04. The monoisotopic (exact) mass is 264 g/mol. The SMILES string of the molecule is CCCc1cc(C(=O)O)cc(NCC(O)C2CC2)n1. The molecule has 1 fully saturated rings. The van der Waals surface area contributed by atoms with Gasteiger partial charge in [-0.05, 0) is 37.3 Å². The molecule has 0 radical (unpaired) electrons. The summed E-state index contributed by atoms with van der Waals surface area (Å²) >= 11 is 0. The van der Waals surface area contributed by atoms with Gasteiger partial charge in [0.1, 0.15) is 5.82 Å². The van der Waals surface area contributed by atoms with Crippen molar-refractivity contribution in [3.05, 3.63) is 23.4 Å². The van der Waals surface area contributed by atoms with Gasteiger partial charge < -0.3 is 15.5 Å². The lowest BCUT2D eigenvalue weighted by atomic mass is 10.1. The molecule has 3 N–H and O–H groups in total. The Bertz CT molecular complexity index is 458. The standard InChI is InChI=1S/C14H20N2O3/c1-2-3-11-6-10(14(18)19)7-13(16-11)15-8-12(17)9-4-5-9/h6-7,9,12,17H,2-5,8H2,1H3,(H,15,16)(H,18,19). The van der Waals surface area contributed by atoms with Crippen LogP contribution in [0.3, 0.4) is 0 Å². The molecular weight excluding hydrogens is 244 g/mol. The summed E-state index contributed by atoms with van der Waals surface area (Å²) in [7, 11) is 0. The second kappa shape index (κ2) is 6.02. The molecule has 1 saturated carbocycles. The van der Waals surface area contributed by atoms with E-state index in [1.54, 1.807) is 6.07 Å². The van der Waals surface area contributed by atoms with E-state index < -0.39 is 5.97 Å². The Labute approximate surface area is 112 Å². The summed E-state index contributed by atoms with van der Waals surface area (Å²) in [4.78, 5) is 15.4. The molecule has 1 atom stereocenters. The van der Waals surface area contributed by atoms with Crippen molar-refractivity contribution in [2.24, 2.45) is 5.92 Å². The van der Waals surface area contributed by atoms with Crippen LogP contribution in [0.2, 0.25) is 0 Å². The lowest BCUT2D eigenvalue weighted by Gasteiger charge is -2.12. The van der Waals surface area contributed by atoms with Crippen molar-refractivity contribution in [1.29, 1.82) is 0 Å². The van der Waals surface area contributed by atoms with E-state index in [1.165, 1.54) is 6.07 Å². The van der Waals surface area contributed by atoms with Crippen molar-refractivity contribution in [1.82, 2.24) is 4.98 Å². The number of aliphatic hydroxyl groups is 1. The summed E-state index contributed by atoms with van der Waals surface area (Å²) in [5.41, 5.74) is 1.01. The van der Waals surface area contributed by atoms with Crippen LogP contribution in [0.1, 0.15) is 42.2 Å². The molecule has 1 aliphatic rings. The van der Waals surface area contributed by atoms with Crippen molar-refractivity contribution in [3.8, 4) is 0 Å². The summed E-state index contributed by atoms with van der Waals surface area (Å²) in [5, 5.41) is 21.9. The Balaban J connectivity index is 2.06. The highest BCUT2D eigenvalue weighted by Gasteiger charge is 2.29. The van der Waals surface area contributed by atoms with E-state index in [0.717, 1.165) is 31.4 Å². The topological polar surface area (TPSA) is 82.5 Å². The van der Waals surface area contributed by atoms with E-state index >= 15 is 0 Å². The van der Waals surface area contributed by atoms with E-state index in [1.807, 2.05) is 6.92 Å². The van der Waals surface area contributed by atoms with Crippen LogP contribution in [-0.4, -0.2) is 33.8 Å². The number of carboxylic acids is 1. The number of aryl methyl sites for hydroxylation is 1.